The van der Waals surface area contributed by atoms with Crippen LogP contribution >= 0.6 is 0 Å². The van der Waals surface area contributed by atoms with Gasteiger partial charge in [-0.1, -0.05) is 6.08 Å². The highest BCUT2D eigenvalue weighted by Gasteiger charge is 2.01. The average Bonchev–Trinajstić information content (AvgIpc) is 2.50. The van der Waals surface area contributed by atoms with Gasteiger partial charge in [-0.05, 0) is 18.3 Å². The van der Waals surface area contributed by atoms with E-state index in [1.54, 1.807) is 0 Å². The molecule has 0 bridgehead atoms. The van der Waals surface area contributed by atoms with E-state index in [2.05, 4.69) is 20.8 Å². The molecule has 11 heavy (non-hydrogen) atoms. The molecular formula is C7H12N4. The van der Waals surface area contributed by atoms with Gasteiger partial charge in [-0.3, -0.25) is 0 Å². The SMILES string of the molecule is CC=CNCCC1=NN=NC1. The Balaban J connectivity index is 2.04. The molecule has 0 unspecified atom stereocenters. The lowest BCUT2D eigenvalue weighted by molar-refractivity contribution is 0.866. The number of rotatable bonds is 4. The van der Waals surface area contributed by atoms with E-state index in [0.29, 0.717) is 6.54 Å². The molecule has 0 aromatic carbocycles. The van der Waals surface area contributed by atoms with Crippen LogP contribution in [0.25, 0.3) is 0 Å². The standard InChI is InChI=1S/C7H12N4/c1-2-4-8-5-3-7-6-9-11-10-7/h2,4,8H,3,5-6H2,1H3. The van der Waals surface area contributed by atoms with Crippen molar-refractivity contribution < 1.29 is 0 Å². The fraction of sp³-hybridized carbons (Fsp3) is 0.571. The molecule has 0 aromatic rings. The highest BCUT2D eigenvalue weighted by Crippen LogP contribution is 1.96. The maximum atomic E-state index is 3.84. The fourth-order valence-corrected chi connectivity index (χ4v) is 0.786. The van der Waals surface area contributed by atoms with E-state index in [-0.39, 0.29) is 0 Å². The van der Waals surface area contributed by atoms with Crippen molar-refractivity contribution in [1.29, 1.82) is 0 Å². The molecule has 1 aliphatic rings. The van der Waals surface area contributed by atoms with Crippen LogP contribution in [0.5, 0.6) is 0 Å². The zero-order chi connectivity index (χ0) is 7.94. The van der Waals surface area contributed by atoms with Crippen molar-refractivity contribution in [1.82, 2.24) is 5.32 Å². The highest BCUT2D eigenvalue weighted by molar-refractivity contribution is 5.87. The van der Waals surface area contributed by atoms with Crippen LogP contribution in [-0.4, -0.2) is 18.8 Å². The summed E-state index contributed by atoms with van der Waals surface area (Å²) in [7, 11) is 0. The summed E-state index contributed by atoms with van der Waals surface area (Å²) in [6, 6.07) is 0. The first kappa shape index (κ1) is 7.91. The van der Waals surface area contributed by atoms with Gasteiger partial charge in [0.05, 0.1) is 5.71 Å². The molecule has 0 saturated carbocycles. The monoisotopic (exact) mass is 152 g/mol. The summed E-state index contributed by atoms with van der Waals surface area (Å²) in [6.45, 7) is 3.57. The molecular weight excluding hydrogens is 140 g/mol. The number of nitrogens with zero attached hydrogens (tertiary/aromatic N) is 3. The van der Waals surface area contributed by atoms with Gasteiger partial charge in [-0.15, -0.1) is 5.10 Å². The van der Waals surface area contributed by atoms with Crippen molar-refractivity contribution in [3.63, 3.8) is 0 Å². The number of hydrogen-bond acceptors (Lipinski definition) is 4. The van der Waals surface area contributed by atoms with Crippen LogP contribution in [0.2, 0.25) is 0 Å². The average molecular weight is 152 g/mol. The van der Waals surface area contributed by atoms with Gasteiger partial charge in [-0.25, -0.2) is 0 Å². The summed E-state index contributed by atoms with van der Waals surface area (Å²) < 4.78 is 0. The molecule has 4 heteroatoms. The number of hydrogen-bond donors (Lipinski definition) is 1. The van der Waals surface area contributed by atoms with E-state index in [1.165, 1.54) is 0 Å². The van der Waals surface area contributed by atoms with Gasteiger partial charge in [0.2, 0.25) is 0 Å². The third-order valence-corrected chi connectivity index (χ3v) is 1.35. The Bertz CT molecular complexity index is 193. The van der Waals surface area contributed by atoms with E-state index in [9.17, 15) is 0 Å². The van der Waals surface area contributed by atoms with Crippen molar-refractivity contribution in [3.05, 3.63) is 12.3 Å². The molecule has 1 rings (SSSR count). The lowest BCUT2D eigenvalue weighted by Crippen LogP contribution is -2.12. The molecule has 0 radical (unpaired) electrons. The Morgan fingerprint density at radius 2 is 2.55 bits per heavy atom. The lowest BCUT2D eigenvalue weighted by atomic mass is 10.3. The largest absolute Gasteiger partial charge is 0.391 e. The normalized spacial score (nSPS) is 15.9. The smallest absolute Gasteiger partial charge is 0.102 e. The maximum absolute atomic E-state index is 3.84. The Labute approximate surface area is 66.1 Å². The van der Waals surface area contributed by atoms with Gasteiger partial charge in [0.1, 0.15) is 6.54 Å². The summed E-state index contributed by atoms with van der Waals surface area (Å²) >= 11 is 0. The molecule has 0 fully saturated rings. The zero-order valence-electron chi connectivity index (χ0n) is 6.62. The van der Waals surface area contributed by atoms with Crippen molar-refractivity contribution >= 4 is 5.71 Å². The van der Waals surface area contributed by atoms with Gasteiger partial charge in [0.25, 0.3) is 0 Å². The fourth-order valence-electron chi connectivity index (χ4n) is 0.786. The third-order valence-electron chi connectivity index (χ3n) is 1.35. The van der Waals surface area contributed by atoms with Crippen LogP contribution in [0.4, 0.5) is 0 Å². The van der Waals surface area contributed by atoms with E-state index in [1.807, 2.05) is 19.2 Å². The second-order valence-corrected chi connectivity index (χ2v) is 2.26. The molecule has 0 atom stereocenters. The van der Waals surface area contributed by atoms with E-state index in [4.69, 9.17) is 0 Å². The van der Waals surface area contributed by atoms with Crippen LogP contribution in [0.3, 0.4) is 0 Å². The first-order valence-corrected chi connectivity index (χ1v) is 3.70. The van der Waals surface area contributed by atoms with Crippen LogP contribution in [0.1, 0.15) is 13.3 Å². The summed E-state index contributed by atoms with van der Waals surface area (Å²) in [5.41, 5.74) is 1.06. The highest BCUT2D eigenvalue weighted by atomic mass is 15.4. The first-order chi connectivity index (χ1) is 5.43. The molecule has 0 spiro atoms. The van der Waals surface area contributed by atoms with Crippen molar-refractivity contribution in [2.24, 2.45) is 15.4 Å². The molecule has 60 valence electrons. The third kappa shape index (κ3) is 2.93. The van der Waals surface area contributed by atoms with E-state index < -0.39 is 0 Å². The first-order valence-electron chi connectivity index (χ1n) is 3.70. The van der Waals surface area contributed by atoms with Gasteiger partial charge in [0, 0.05) is 13.0 Å². The van der Waals surface area contributed by atoms with Crippen molar-refractivity contribution in [2.45, 2.75) is 13.3 Å². The number of allylic oxidation sites excluding steroid dienone is 1. The molecule has 1 heterocycles. The van der Waals surface area contributed by atoms with E-state index in [0.717, 1.165) is 18.7 Å². The van der Waals surface area contributed by atoms with Crippen LogP contribution in [0, 0.1) is 0 Å². The minimum Gasteiger partial charge on any atom is -0.391 e. The molecule has 0 amide bonds. The summed E-state index contributed by atoms with van der Waals surface area (Å²) in [4.78, 5) is 0. The summed E-state index contributed by atoms with van der Waals surface area (Å²) in [5, 5.41) is 14.2. The minimum absolute atomic E-state index is 0.678. The second kappa shape index (κ2) is 4.60. The van der Waals surface area contributed by atoms with E-state index >= 15 is 0 Å². The molecule has 0 aliphatic carbocycles. The van der Waals surface area contributed by atoms with Gasteiger partial charge < -0.3 is 5.32 Å². The van der Waals surface area contributed by atoms with Crippen LogP contribution in [0.15, 0.2) is 27.7 Å². The molecule has 0 saturated heterocycles. The quantitative estimate of drug-likeness (QED) is 0.607. The maximum Gasteiger partial charge on any atom is 0.102 e. The number of nitrogens with one attached hydrogen (secondary N) is 1. The van der Waals surface area contributed by atoms with Crippen molar-refractivity contribution in [2.75, 3.05) is 13.1 Å². The Morgan fingerprint density at radius 1 is 1.64 bits per heavy atom. The van der Waals surface area contributed by atoms with Gasteiger partial charge in [-0.2, -0.15) is 5.11 Å². The van der Waals surface area contributed by atoms with Gasteiger partial charge >= 0.3 is 0 Å². The topological polar surface area (TPSA) is 49.1 Å². The molecule has 4 nitrogen and oxygen atoms in total. The Kier molecular flexibility index (Phi) is 3.31. The predicted octanol–water partition coefficient (Wildman–Crippen LogP) is 1.32. The summed E-state index contributed by atoms with van der Waals surface area (Å²) in [6.07, 6.45) is 4.81. The Hall–Kier alpha value is -1.19. The lowest BCUT2D eigenvalue weighted by Gasteiger charge is -1.97. The van der Waals surface area contributed by atoms with Crippen LogP contribution < -0.4 is 5.32 Å². The van der Waals surface area contributed by atoms with Gasteiger partial charge in [0.15, 0.2) is 0 Å². The molecule has 1 aliphatic heterocycles. The van der Waals surface area contributed by atoms with Crippen LogP contribution in [-0.2, 0) is 0 Å². The minimum atomic E-state index is 0.678. The molecule has 1 N–H and O–H groups in total. The molecule has 0 aromatic heterocycles. The second-order valence-electron chi connectivity index (χ2n) is 2.26. The van der Waals surface area contributed by atoms with Crippen molar-refractivity contribution in [3.8, 4) is 0 Å². The summed E-state index contributed by atoms with van der Waals surface area (Å²) in [5.74, 6) is 0. The Morgan fingerprint density at radius 3 is 3.18 bits per heavy atom. The predicted molar refractivity (Wildman–Crippen MR) is 44.6 cm³/mol. The zero-order valence-corrected chi connectivity index (χ0v) is 6.62.